The molecule has 1 aliphatic rings. The number of aliphatic hydroxyl groups is 1. The maximum Gasteiger partial charge on any atom is 0.242 e. The zero-order valence-corrected chi connectivity index (χ0v) is 12.1. The van der Waals surface area contributed by atoms with E-state index in [2.05, 4.69) is 5.32 Å². The van der Waals surface area contributed by atoms with Gasteiger partial charge in [-0.1, -0.05) is 20.8 Å². The van der Waals surface area contributed by atoms with Gasteiger partial charge in [0, 0.05) is 12.0 Å². The summed E-state index contributed by atoms with van der Waals surface area (Å²) in [6, 6.07) is -0.0400. The zero-order valence-electron chi connectivity index (χ0n) is 12.1. The van der Waals surface area contributed by atoms with Crippen molar-refractivity contribution in [3.8, 4) is 0 Å². The van der Waals surface area contributed by atoms with Crippen LogP contribution in [0.1, 0.15) is 27.7 Å². The smallest absolute Gasteiger partial charge is 0.242 e. The van der Waals surface area contributed by atoms with E-state index >= 15 is 0 Å². The third-order valence-electron chi connectivity index (χ3n) is 3.11. The quantitative estimate of drug-likeness (QED) is 0.743. The molecule has 2 unspecified atom stereocenters. The molecular formula is C13H24N2O4. The van der Waals surface area contributed by atoms with Crippen molar-refractivity contribution in [2.45, 2.75) is 39.8 Å². The summed E-state index contributed by atoms with van der Waals surface area (Å²) in [4.78, 5) is 25.4. The summed E-state index contributed by atoms with van der Waals surface area (Å²) < 4.78 is 5.37. The Labute approximate surface area is 114 Å². The van der Waals surface area contributed by atoms with Crippen molar-refractivity contribution in [3.05, 3.63) is 0 Å². The molecule has 2 atom stereocenters. The molecular weight excluding hydrogens is 248 g/mol. The molecule has 0 saturated carbocycles. The normalized spacial score (nSPS) is 24.2. The second-order valence-electron chi connectivity index (χ2n) is 5.97. The molecule has 1 aliphatic heterocycles. The van der Waals surface area contributed by atoms with Gasteiger partial charge in [0.25, 0.3) is 0 Å². The van der Waals surface area contributed by atoms with Gasteiger partial charge in [0.15, 0.2) is 0 Å². The standard InChI is InChI=1S/C13H24N2O4/c1-9-8-19-10(7-16)6-15(9)11(17)5-14-12(18)13(2,3)4/h9-10,16H,5-8H2,1-4H3,(H,14,18). The van der Waals surface area contributed by atoms with Crippen molar-refractivity contribution in [2.24, 2.45) is 5.41 Å². The van der Waals surface area contributed by atoms with Gasteiger partial charge in [-0.2, -0.15) is 0 Å². The highest BCUT2D eigenvalue weighted by Gasteiger charge is 2.30. The van der Waals surface area contributed by atoms with Crippen molar-refractivity contribution >= 4 is 11.8 Å². The molecule has 0 bridgehead atoms. The minimum atomic E-state index is -0.509. The lowest BCUT2D eigenvalue weighted by atomic mass is 9.96. The van der Waals surface area contributed by atoms with E-state index < -0.39 is 5.41 Å². The molecule has 19 heavy (non-hydrogen) atoms. The Bertz CT molecular complexity index is 338. The van der Waals surface area contributed by atoms with Crippen LogP contribution in [0.15, 0.2) is 0 Å². The molecule has 0 aromatic carbocycles. The predicted octanol–water partition coefficient (Wildman–Crippen LogP) is -0.243. The summed E-state index contributed by atoms with van der Waals surface area (Å²) in [5.74, 6) is -0.299. The number of rotatable bonds is 3. The molecule has 2 N–H and O–H groups in total. The molecule has 0 spiro atoms. The number of carbonyl (C=O) groups is 2. The Morgan fingerprint density at radius 2 is 2.05 bits per heavy atom. The fraction of sp³-hybridized carbons (Fsp3) is 0.846. The topological polar surface area (TPSA) is 78.9 Å². The van der Waals surface area contributed by atoms with Crippen LogP contribution < -0.4 is 5.32 Å². The van der Waals surface area contributed by atoms with Crippen molar-refractivity contribution in [3.63, 3.8) is 0 Å². The van der Waals surface area contributed by atoms with E-state index in [4.69, 9.17) is 9.84 Å². The first-order chi connectivity index (χ1) is 8.75. The number of aliphatic hydroxyl groups excluding tert-OH is 1. The van der Waals surface area contributed by atoms with Gasteiger partial charge in [0.1, 0.15) is 0 Å². The van der Waals surface area contributed by atoms with Gasteiger partial charge in [-0.15, -0.1) is 0 Å². The van der Waals surface area contributed by atoms with E-state index in [1.54, 1.807) is 25.7 Å². The third kappa shape index (κ3) is 4.47. The number of nitrogens with one attached hydrogen (secondary N) is 1. The van der Waals surface area contributed by atoms with Gasteiger partial charge in [-0.3, -0.25) is 9.59 Å². The highest BCUT2D eigenvalue weighted by atomic mass is 16.5. The first-order valence-electron chi connectivity index (χ1n) is 6.56. The van der Waals surface area contributed by atoms with Crippen LogP contribution in [-0.2, 0) is 14.3 Å². The molecule has 1 heterocycles. The number of hydrogen-bond acceptors (Lipinski definition) is 4. The Morgan fingerprint density at radius 3 is 2.58 bits per heavy atom. The fourth-order valence-electron chi connectivity index (χ4n) is 1.80. The number of carbonyl (C=O) groups excluding carboxylic acids is 2. The van der Waals surface area contributed by atoms with Crippen LogP contribution in [0.5, 0.6) is 0 Å². The van der Waals surface area contributed by atoms with Gasteiger partial charge in [-0.25, -0.2) is 0 Å². The average Bonchev–Trinajstić information content (AvgIpc) is 2.34. The molecule has 0 aromatic heterocycles. The van der Waals surface area contributed by atoms with E-state index in [-0.39, 0.29) is 37.1 Å². The number of nitrogens with zero attached hydrogens (tertiary/aromatic N) is 1. The van der Waals surface area contributed by atoms with E-state index in [0.717, 1.165) is 0 Å². The lowest BCUT2D eigenvalue weighted by Gasteiger charge is -2.37. The van der Waals surface area contributed by atoms with Gasteiger partial charge >= 0.3 is 0 Å². The van der Waals surface area contributed by atoms with Crippen LogP contribution in [0.25, 0.3) is 0 Å². The molecule has 0 radical (unpaired) electrons. The molecule has 0 aliphatic carbocycles. The number of hydrogen-bond donors (Lipinski definition) is 2. The molecule has 2 amide bonds. The minimum Gasteiger partial charge on any atom is -0.394 e. The summed E-state index contributed by atoms with van der Waals surface area (Å²) in [5.41, 5.74) is -0.509. The van der Waals surface area contributed by atoms with E-state index in [1.165, 1.54) is 0 Å². The molecule has 6 nitrogen and oxygen atoms in total. The van der Waals surface area contributed by atoms with Gasteiger partial charge < -0.3 is 20.1 Å². The molecule has 1 saturated heterocycles. The second kappa shape index (κ2) is 6.34. The Kier molecular flexibility index (Phi) is 5.31. The first kappa shape index (κ1) is 15.9. The summed E-state index contributed by atoms with van der Waals surface area (Å²) in [5, 5.41) is 11.7. The molecule has 1 fully saturated rings. The van der Waals surface area contributed by atoms with Crippen LogP contribution in [0.3, 0.4) is 0 Å². The van der Waals surface area contributed by atoms with Gasteiger partial charge in [0.05, 0.1) is 31.9 Å². The number of ether oxygens (including phenoxy) is 1. The summed E-state index contributed by atoms with van der Waals surface area (Å²) in [6.45, 7) is 7.93. The van der Waals surface area contributed by atoms with Crippen molar-refractivity contribution < 1.29 is 19.4 Å². The highest BCUT2D eigenvalue weighted by molar-refractivity contribution is 5.87. The van der Waals surface area contributed by atoms with Crippen molar-refractivity contribution in [2.75, 3.05) is 26.3 Å². The second-order valence-corrected chi connectivity index (χ2v) is 5.97. The Morgan fingerprint density at radius 1 is 1.42 bits per heavy atom. The van der Waals surface area contributed by atoms with Crippen molar-refractivity contribution in [1.82, 2.24) is 10.2 Å². The fourth-order valence-corrected chi connectivity index (χ4v) is 1.80. The third-order valence-corrected chi connectivity index (χ3v) is 3.11. The zero-order chi connectivity index (χ0) is 14.6. The van der Waals surface area contributed by atoms with Crippen LogP contribution in [0.4, 0.5) is 0 Å². The average molecular weight is 272 g/mol. The summed E-state index contributed by atoms with van der Waals surface area (Å²) in [7, 11) is 0. The lowest BCUT2D eigenvalue weighted by Crippen LogP contribution is -2.54. The minimum absolute atomic E-state index is 0.0153. The molecule has 110 valence electrons. The summed E-state index contributed by atoms with van der Waals surface area (Å²) >= 11 is 0. The van der Waals surface area contributed by atoms with Gasteiger partial charge in [0.2, 0.25) is 11.8 Å². The van der Waals surface area contributed by atoms with Crippen LogP contribution in [0, 0.1) is 5.41 Å². The van der Waals surface area contributed by atoms with Crippen LogP contribution in [0.2, 0.25) is 0 Å². The maximum absolute atomic E-state index is 12.1. The van der Waals surface area contributed by atoms with E-state index in [0.29, 0.717) is 13.2 Å². The SMILES string of the molecule is CC1COC(CO)CN1C(=O)CNC(=O)C(C)(C)C. The largest absolute Gasteiger partial charge is 0.394 e. The van der Waals surface area contributed by atoms with Gasteiger partial charge in [-0.05, 0) is 6.92 Å². The number of amides is 2. The molecule has 0 aromatic rings. The van der Waals surface area contributed by atoms with Crippen LogP contribution in [-0.4, -0.2) is 60.3 Å². The lowest BCUT2D eigenvalue weighted by molar-refractivity contribution is -0.146. The van der Waals surface area contributed by atoms with Crippen molar-refractivity contribution in [1.29, 1.82) is 0 Å². The summed E-state index contributed by atoms with van der Waals surface area (Å²) in [6.07, 6.45) is -0.335. The predicted molar refractivity (Wildman–Crippen MR) is 70.5 cm³/mol. The molecule has 6 heteroatoms. The Balaban J connectivity index is 2.50. The van der Waals surface area contributed by atoms with E-state index in [9.17, 15) is 9.59 Å². The Hall–Kier alpha value is -1.14. The highest BCUT2D eigenvalue weighted by Crippen LogP contribution is 2.13. The molecule has 1 rings (SSSR count). The van der Waals surface area contributed by atoms with Crippen LogP contribution >= 0.6 is 0 Å². The maximum atomic E-state index is 12.1. The first-order valence-corrected chi connectivity index (χ1v) is 6.56. The van der Waals surface area contributed by atoms with E-state index in [1.807, 2.05) is 6.92 Å². The number of morpholine rings is 1. The monoisotopic (exact) mass is 272 g/mol.